The zero-order valence-corrected chi connectivity index (χ0v) is 12.2. The quantitative estimate of drug-likeness (QED) is 0.843. The topological polar surface area (TPSA) is 43.8 Å². The van der Waals surface area contributed by atoms with Crippen LogP contribution < -0.4 is 5.73 Å². The van der Waals surface area contributed by atoms with Gasteiger partial charge in [-0.1, -0.05) is 32.6 Å². The number of rotatable bonds is 4. The van der Waals surface area contributed by atoms with E-state index in [1.165, 1.54) is 25.7 Å². The van der Waals surface area contributed by atoms with E-state index in [0.29, 0.717) is 12.5 Å². The molecule has 1 saturated carbocycles. The van der Waals surface area contributed by atoms with Crippen LogP contribution in [-0.4, -0.2) is 9.55 Å². The average molecular weight is 259 g/mol. The van der Waals surface area contributed by atoms with Crippen molar-refractivity contribution in [3.8, 4) is 12.3 Å². The van der Waals surface area contributed by atoms with Crippen molar-refractivity contribution >= 4 is 5.82 Å². The van der Waals surface area contributed by atoms with Crippen LogP contribution in [0, 0.1) is 18.3 Å². The average Bonchev–Trinajstić information content (AvgIpc) is 2.69. The lowest BCUT2D eigenvalue weighted by Crippen LogP contribution is -2.14. The highest BCUT2D eigenvalue weighted by Gasteiger charge is 2.26. The molecule has 1 aromatic rings. The van der Waals surface area contributed by atoms with Crippen LogP contribution in [-0.2, 0) is 13.0 Å². The summed E-state index contributed by atoms with van der Waals surface area (Å²) in [5.41, 5.74) is 7.40. The first-order valence-corrected chi connectivity index (χ1v) is 7.45. The molecule has 1 aliphatic rings. The number of anilines is 1. The number of terminal acetylenes is 1. The summed E-state index contributed by atoms with van der Waals surface area (Å²) in [6.45, 7) is 5.03. The van der Waals surface area contributed by atoms with E-state index in [1.54, 1.807) is 0 Å². The third kappa shape index (κ3) is 2.94. The Morgan fingerprint density at radius 2 is 2.26 bits per heavy atom. The van der Waals surface area contributed by atoms with Crippen molar-refractivity contribution < 1.29 is 0 Å². The fraction of sp³-hybridized carbons (Fsp3) is 0.688. The number of nitrogens with two attached hydrogens (primary N) is 1. The Labute approximate surface area is 116 Å². The lowest BCUT2D eigenvalue weighted by molar-refractivity contribution is 0.341. The summed E-state index contributed by atoms with van der Waals surface area (Å²) in [5.74, 6) is 5.87. The third-order valence-corrected chi connectivity index (χ3v) is 4.16. The molecule has 2 rings (SSSR count). The maximum atomic E-state index is 6.30. The minimum atomic E-state index is 0.526. The second-order valence-electron chi connectivity index (χ2n) is 5.81. The second-order valence-corrected chi connectivity index (χ2v) is 5.81. The highest BCUT2D eigenvalue weighted by Crippen LogP contribution is 2.38. The van der Waals surface area contributed by atoms with Crippen LogP contribution in [0.15, 0.2) is 0 Å². The largest absolute Gasteiger partial charge is 0.384 e. The van der Waals surface area contributed by atoms with Crippen LogP contribution in [0.4, 0.5) is 5.82 Å². The molecule has 1 heterocycles. The van der Waals surface area contributed by atoms with Gasteiger partial charge < -0.3 is 10.3 Å². The number of aryl methyl sites for hydroxylation is 1. The molecule has 2 N–H and O–H groups in total. The molecule has 3 heteroatoms. The molecule has 0 saturated heterocycles. The summed E-state index contributed by atoms with van der Waals surface area (Å²) >= 11 is 0. The van der Waals surface area contributed by atoms with Crippen LogP contribution in [0.25, 0.3) is 0 Å². The minimum Gasteiger partial charge on any atom is -0.384 e. The van der Waals surface area contributed by atoms with Crippen molar-refractivity contribution in [3.63, 3.8) is 0 Å². The molecule has 3 nitrogen and oxygen atoms in total. The Morgan fingerprint density at radius 1 is 1.47 bits per heavy atom. The zero-order chi connectivity index (χ0) is 13.8. The normalized spacial score (nSPS) is 23.2. The maximum absolute atomic E-state index is 6.30. The minimum absolute atomic E-state index is 0.526. The number of imidazole rings is 1. The van der Waals surface area contributed by atoms with E-state index in [-0.39, 0.29) is 0 Å². The van der Waals surface area contributed by atoms with Gasteiger partial charge in [0.1, 0.15) is 11.6 Å². The van der Waals surface area contributed by atoms with E-state index < -0.39 is 0 Å². The van der Waals surface area contributed by atoms with Crippen molar-refractivity contribution in [2.45, 2.75) is 64.8 Å². The van der Waals surface area contributed by atoms with E-state index in [4.69, 9.17) is 17.1 Å². The SMILES string of the molecule is C#CCn1c(CCC)nc(C2CCCC(C)C2)c1N. The molecule has 1 aliphatic carbocycles. The highest BCUT2D eigenvalue weighted by atomic mass is 15.1. The molecule has 2 unspecified atom stereocenters. The van der Waals surface area contributed by atoms with Gasteiger partial charge in [-0.3, -0.25) is 0 Å². The second kappa shape index (κ2) is 6.14. The molecule has 0 bridgehead atoms. The molecule has 0 aliphatic heterocycles. The molecular formula is C16H25N3. The van der Waals surface area contributed by atoms with Crippen LogP contribution in [0.3, 0.4) is 0 Å². The van der Waals surface area contributed by atoms with E-state index in [1.807, 2.05) is 4.57 Å². The third-order valence-electron chi connectivity index (χ3n) is 4.16. The molecule has 19 heavy (non-hydrogen) atoms. The molecule has 104 valence electrons. The van der Waals surface area contributed by atoms with Crippen molar-refractivity contribution in [2.75, 3.05) is 5.73 Å². The van der Waals surface area contributed by atoms with Gasteiger partial charge >= 0.3 is 0 Å². The van der Waals surface area contributed by atoms with Gasteiger partial charge in [-0.2, -0.15) is 0 Å². The van der Waals surface area contributed by atoms with Crippen LogP contribution in [0.1, 0.15) is 63.4 Å². The standard InChI is InChI=1S/C16H25N3/c1-4-7-14-18-15(16(17)19(14)10-5-2)13-9-6-8-12(3)11-13/h2,12-13H,4,6-11,17H2,1,3H3. The van der Waals surface area contributed by atoms with Gasteiger partial charge in [-0.25, -0.2) is 4.98 Å². The molecule has 1 aromatic heterocycles. The van der Waals surface area contributed by atoms with E-state index >= 15 is 0 Å². The first-order chi connectivity index (χ1) is 9.17. The number of nitrogen functional groups attached to an aromatic ring is 1. The van der Waals surface area contributed by atoms with Crippen molar-refractivity contribution in [1.82, 2.24) is 9.55 Å². The smallest absolute Gasteiger partial charge is 0.127 e. The Hall–Kier alpha value is -1.43. The van der Waals surface area contributed by atoms with Gasteiger partial charge in [-0.05, 0) is 25.2 Å². The van der Waals surface area contributed by atoms with E-state index in [2.05, 4.69) is 19.8 Å². The molecule has 1 fully saturated rings. The van der Waals surface area contributed by atoms with Crippen LogP contribution >= 0.6 is 0 Å². The van der Waals surface area contributed by atoms with Crippen molar-refractivity contribution in [3.05, 3.63) is 11.5 Å². The van der Waals surface area contributed by atoms with Gasteiger partial charge in [0.05, 0.1) is 12.2 Å². The Kier molecular flexibility index (Phi) is 4.52. The summed E-state index contributed by atoms with van der Waals surface area (Å²) < 4.78 is 2.03. The van der Waals surface area contributed by atoms with E-state index in [9.17, 15) is 0 Å². The fourth-order valence-electron chi connectivity index (χ4n) is 3.20. The molecule has 0 amide bonds. The number of aromatic nitrogens is 2. The lowest BCUT2D eigenvalue weighted by Gasteiger charge is -2.25. The molecule has 0 aromatic carbocycles. The maximum Gasteiger partial charge on any atom is 0.127 e. The van der Waals surface area contributed by atoms with Crippen molar-refractivity contribution in [1.29, 1.82) is 0 Å². The van der Waals surface area contributed by atoms with Gasteiger partial charge in [0.15, 0.2) is 0 Å². The molecule has 2 atom stereocenters. The fourth-order valence-corrected chi connectivity index (χ4v) is 3.20. The number of hydrogen-bond donors (Lipinski definition) is 1. The predicted molar refractivity (Wildman–Crippen MR) is 79.8 cm³/mol. The molecular weight excluding hydrogens is 234 g/mol. The summed E-state index contributed by atoms with van der Waals surface area (Å²) in [6.07, 6.45) is 12.5. The van der Waals surface area contributed by atoms with Crippen molar-refractivity contribution in [2.24, 2.45) is 5.92 Å². The molecule has 0 spiro atoms. The zero-order valence-electron chi connectivity index (χ0n) is 12.2. The van der Waals surface area contributed by atoms with Crippen LogP contribution in [0.2, 0.25) is 0 Å². The van der Waals surface area contributed by atoms with Gasteiger partial charge in [0, 0.05) is 12.3 Å². The monoisotopic (exact) mass is 259 g/mol. The summed E-state index contributed by atoms with van der Waals surface area (Å²) in [6, 6.07) is 0. The Balaban J connectivity index is 2.29. The highest BCUT2D eigenvalue weighted by molar-refractivity contribution is 5.41. The Bertz CT molecular complexity index is 467. The van der Waals surface area contributed by atoms with Gasteiger partial charge in [0.25, 0.3) is 0 Å². The lowest BCUT2D eigenvalue weighted by atomic mass is 9.81. The van der Waals surface area contributed by atoms with E-state index in [0.717, 1.165) is 36.1 Å². The number of nitrogens with zero attached hydrogens (tertiary/aromatic N) is 2. The first-order valence-electron chi connectivity index (χ1n) is 7.45. The summed E-state index contributed by atoms with van der Waals surface area (Å²) in [7, 11) is 0. The van der Waals surface area contributed by atoms with Crippen LogP contribution in [0.5, 0.6) is 0 Å². The number of hydrogen-bond acceptors (Lipinski definition) is 2. The first kappa shape index (κ1) is 14.0. The summed E-state index contributed by atoms with van der Waals surface area (Å²) in [5, 5.41) is 0. The predicted octanol–water partition coefficient (Wildman–Crippen LogP) is 3.34. The van der Waals surface area contributed by atoms with Gasteiger partial charge in [0.2, 0.25) is 0 Å². The molecule has 0 radical (unpaired) electrons. The van der Waals surface area contributed by atoms with Gasteiger partial charge in [-0.15, -0.1) is 6.42 Å². The summed E-state index contributed by atoms with van der Waals surface area (Å²) in [4.78, 5) is 4.82. The Morgan fingerprint density at radius 3 is 2.89 bits per heavy atom.